The minimum absolute atomic E-state index is 0.0343. The molecule has 1 aromatic heterocycles. The molecule has 0 spiro atoms. The highest BCUT2D eigenvalue weighted by atomic mass is 32.2. The molecule has 0 saturated heterocycles. The molecule has 0 bridgehead atoms. The monoisotopic (exact) mass is 348 g/mol. The Kier molecular flexibility index (Phi) is 4.64. The topological polar surface area (TPSA) is 79.0 Å². The van der Waals surface area contributed by atoms with Crippen LogP contribution in [0.3, 0.4) is 0 Å². The minimum atomic E-state index is -3.84. The SMILES string of the molecule is N#CCN(C1CCCC1)S(=O)(=O)c1cnn(-c2ccccc2F)c1. The molecule has 0 radical (unpaired) electrons. The van der Waals surface area contributed by atoms with Gasteiger partial charge in [0.25, 0.3) is 0 Å². The molecule has 6 nitrogen and oxygen atoms in total. The van der Waals surface area contributed by atoms with Crippen molar-refractivity contribution in [3.63, 3.8) is 0 Å². The number of nitriles is 1. The first kappa shape index (κ1) is 16.6. The van der Waals surface area contributed by atoms with Crippen LogP contribution in [0, 0.1) is 17.1 Å². The summed E-state index contributed by atoms with van der Waals surface area (Å²) in [6, 6.07) is 7.77. The van der Waals surface area contributed by atoms with Crippen LogP contribution in [0.4, 0.5) is 4.39 Å². The molecule has 8 heteroatoms. The quantitative estimate of drug-likeness (QED) is 0.778. The van der Waals surface area contributed by atoms with Crippen molar-refractivity contribution in [2.75, 3.05) is 6.54 Å². The summed E-state index contributed by atoms with van der Waals surface area (Å²) < 4.78 is 42.0. The van der Waals surface area contributed by atoms with E-state index in [1.54, 1.807) is 12.1 Å². The van der Waals surface area contributed by atoms with Crippen LogP contribution in [-0.4, -0.2) is 35.1 Å². The number of para-hydroxylation sites is 1. The van der Waals surface area contributed by atoms with Crippen molar-refractivity contribution in [2.24, 2.45) is 0 Å². The highest BCUT2D eigenvalue weighted by Crippen LogP contribution is 2.28. The van der Waals surface area contributed by atoms with Crippen molar-refractivity contribution in [3.8, 4) is 11.8 Å². The number of halogens is 1. The van der Waals surface area contributed by atoms with E-state index in [0.29, 0.717) is 0 Å². The van der Waals surface area contributed by atoms with Crippen LogP contribution in [0.25, 0.3) is 5.69 Å². The number of aromatic nitrogens is 2. The molecule has 0 unspecified atom stereocenters. The van der Waals surface area contributed by atoms with E-state index in [1.807, 2.05) is 6.07 Å². The fraction of sp³-hybridized carbons (Fsp3) is 0.375. The average Bonchev–Trinajstić information content (AvgIpc) is 3.24. The van der Waals surface area contributed by atoms with E-state index < -0.39 is 15.8 Å². The van der Waals surface area contributed by atoms with Gasteiger partial charge in [-0.05, 0) is 25.0 Å². The number of hydrogen-bond donors (Lipinski definition) is 0. The van der Waals surface area contributed by atoms with Gasteiger partial charge in [-0.3, -0.25) is 0 Å². The molecular weight excluding hydrogens is 331 g/mol. The predicted molar refractivity (Wildman–Crippen MR) is 85.3 cm³/mol. The zero-order valence-electron chi connectivity index (χ0n) is 13.0. The number of benzene rings is 1. The molecule has 1 aliphatic rings. The Morgan fingerprint density at radius 3 is 2.71 bits per heavy atom. The van der Waals surface area contributed by atoms with Crippen molar-refractivity contribution in [1.82, 2.24) is 14.1 Å². The van der Waals surface area contributed by atoms with E-state index in [-0.39, 0.29) is 23.2 Å². The zero-order chi connectivity index (χ0) is 17.2. The summed E-state index contributed by atoms with van der Waals surface area (Å²) in [4.78, 5) is -0.0343. The molecule has 1 aromatic carbocycles. The number of hydrogen-bond acceptors (Lipinski definition) is 4. The van der Waals surface area contributed by atoms with Crippen LogP contribution >= 0.6 is 0 Å². The number of rotatable bonds is 5. The lowest BCUT2D eigenvalue weighted by Crippen LogP contribution is -2.38. The molecule has 1 aliphatic carbocycles. The lowest BCUT2D eigenvalue weighted by atomic mass is 10.2. The molecule has 24 heavy (non-hydrogen) atoms. The maximum atomic E-state index is 13.8. The minimum Gasteiger partial charge on any atom is -0.237 e. The first-order valence-corrected chi connectivity index (χ1v) is 9.16. The summed E-state index contributed by atoms with van der Waals surface area (Å²) in [5.74, 6) is -0.491. The highest BCUT2D eigenvalue weighted by Gasteiger charge is 2.34. The smallest absolute Gasteiger partial charge is 0.237 e. The van der Waals surface area contributed by atoms with Gasteiger partial charge >= 0.3 is 0 Å². The molecule has 0 N–H and O–H groups in total. The van der Waals surface area contributed by atoms with E-state index in [0.717, 1.165) is 25.7 Å². The molecule has 1 heterocycles. The lowest BCUT2D eigenvalue weighted by Gasteiger charge is -2.24. The van der Waals surface area contributed by atoms with Gasteiger partial charge in [0.05, 0.1) is 18.5 Å². The van der Waals surface area contributed by atoms with Crippen molar-refractivity contribution >= 4 is 10.0 Å². The van der Waals surface area contributed by atoms with Crippen molar-refractivity contribution in [1.29, 1.82) is 5.26 Å². The standard InChI is InChI=1S/C16H17FN4O2S/c17-15-7-3-4-8-16(15)20-12-14(11-19-20)24(22,23)21(10-9-18)13-5-1-2-6-13/h3-4,7-8,11-13H,1-2,5-6,10H2. The first-order chi connectivity index (χ1) is 11.5. The fourth-order valence-electron chi connectivity index (χ4n) is 3.02. The van der Waals surface area contributed by atoms with Crippen molar-refractivity contribution in [3.05, 3.63) is 42.5 Å². The third-order valence-electron chi connectivity index (χ3n) is 4.22. The second-order valence-corrected chi connectivity index (χ2v) is 7.61. The van der Waals surface area contributed by atoms with Crippen molar-refractivity contribution < 1.29 is 12.8 Å². The van der Waals surface area contributed by atoms with E-state index in [1.165, 1.54) is 33.5 Å². The molecule has 0 atom stereocenters. The average molecular weight is 348 g/mol. The van der Waals surface area contributed by atoms with E-state index in [2.05, 4.69) is 5.10 Å². The van der Waals surface area contributed by atoms with Crippen molar-refractivity contribution in [2.45, 2.75) is 36.6 Å². The Morgan fingerprint density at radius 2 is 2.04 bits per heavy atom. The molecular formula is C16H17FN4O2S. The summed E-state index contributed by atoms with van der Waals surface area (Å²) in [6.07, 6.45) is 5.89. The third-order valence-corrected chi connectivity index (χ3v) is 6.07. The second-order valence-electron chi connectivity index (χ2n) is 5.72. The van der Waals surface area contributed by atoms with Gasteiger partial charge in [-0.2, -0.15) is 14.7 Å². The Labute approximate surface area is 140 Å². The summed E-state index contributed by atoms with van der Waals surface area (Å²) in [6.45, 7) is -0.197. The molecule has 1 saturated carbocycles. The van der Waals surface area contributed by atoms with Gasteiger partial charge in [-0.1, -0.05) is 25.0 Å². The molecule has 126 valence electrons. The van der Waals surface area contributed by atoms with Crippen LogP contribution < -0.4 is 0 Å². The number of nitrogens with zero attached hydrogens (tertiary/aromatic N) is 4. The van der Waals surface area contributed by atoms with E-state index in [4.69, 9.17) is 5.26 Å². The maximum Gasteiger partial charge on any atom is 0.247 e. The van der Waals surface area contributed by atoms with Crippen LogP contribution in [0.5, 0.6) is 0 Å². The maximum absolute atomic E-state index is 13.8. The summed E-state index contributed by atoms with van der Waals surface area (Å²) in [7, 11) is -3.84. The normalized spacial score (nSPS) is 15.7. The predicted octanol–water partition coefficient (Wildman–Crippen LogP) is 2.47. The third kappa shape index (κ3) is 3.05. The van der Waals surface area contributed by atoms with Crippen LogP contribution in [0.1, 0.15) is 25.7 Å². The van der Waals surface area contributed by atoms with Crippen LogP contribution in [0.15, 0.2) is 41.6 Å². The van der Waals surface area contributed by atoms with Crippen LogP contribution in [-0.2, 0) is 10.0 Å². The fourth-order valence-corrected chi connectivity index (χ4v) is 4.53. The van der Waals surface area contributed by atoms with Gasteiger partial charge in [0.15, 0.2) is 0 Å². The highest BCUT2D eigenvalue weighted by molar-refractivity contribution is 7.89. The summed E-state index contributed by atoms with van der Waals surface area (Å²) in [5, 5.41) is 13.0. The largest absolute Gasteiger partial charge is 0.247 e. The number of sulfonamides is 1. The Bertz CT molecular complexity index is 866. The van der Waals surface area contributed by atoms with Gasteiger partial charge in [0.2, 0.25) is 10.0 Å². The Morgan fingerprint density at radius 1 is 1.33 bits per heavy atom. The molecule has 3 rings (SSSR count). The van der Waals surface area contributed by atoms with Crippen LogP contribution in [0.2, 0.25) is 0 Å². The van der Waals surface area contributed by atoms with Gasteiger partial charge in [-0.15, -0.1) is 0 Å². The van der Waals surface area contributed by atoms with E-state index in [9.17, 15) is 12.8 Å². The lowest BCUT2D eigenvalue weighted by molar-refractivity contribution is 0.350. The molecule has 0 amide bonds. The second kappa shape index (κ2) is 6.71. The Hall–Kier alpha value is -2.24. The van der Waals surface area contributed by atoms with E-state index >= 15 is 0 Å². The van der Waals surface area contributed by atoms with Gasteiger partial charge in [0, 0.05) is 6.04 Å². The van der Waals surface area contributed by atoms with Gasteiger partial charge < -0.3 is 0 Å². The molecule has 0 aliphatic heterocycles. The molecule has 2 aromatic rings. The van der Waals surface area contributed by atoms with Gasteiger partial charge in [0.1, 0.15) is 22.9 Å². The van der Waals surface area contributed by atoms with Gasteiger partial charge in [-0.25, -0.2) is 17.5 Å². The zero-order valence-corrected chi connectivity index (χ0v) is 13.8. The summed E-state index contributed by atoms with van der Waals surface area (Å²) in [5.41, 5.74) is 0.173. The molecule has 1 fully saturated rings. The summed E-state index contributed by atoms with van der Waals surface area (Å²) >= 11 is 0. The first-order valence-electron chi connectivity index (χ1n) is 7.72. The Balaban J connectivity index is 1.95.